The number of anilines is 3. The zero-order chi connectivity index (χ0) is 47.1. The first-order valence-corrected chi connectivity index (χ1v) is 23.0. The maximum Gasteiger partial charge on any atom is 1.00 e. The van der Waals surface area contributed by atoms with Crippen LogP contribution in [0.1, 0.15) is 35.3 Å². The minimum absolute atomic E-state index is 0. The van der Waals surface area contributed by atoms with Gasteiger partial charge in [0.05, 0.1) is 70.6 Å². The number of halogens is 4. The van der Waals surface area contributed by atoms with Gasteiger partial charge in [-0.25, -0.2) is 16.8 Å². The quantitative estimate of drug-likeness (QED) is 0.101. The first kappa shape index (κ1) is 54.0. The van der Waals surface area contributed by atoms with Gasteiger partial charge in [-0.15, -0.1) is 0 Å². The van der Waals surface area contributed by atoms with Gasteiger partial charge < -0.3 is 14.0 Å². The monoisotopic (exact) mass is 1040 g/mol. The number of hydrogen-bond donors (Lipinski definition) is 0. The second kappa shape index (κ2) is 21.8. The molecule has 18 nitrogen and oxygen atoms in total. The number of carbonyl (C=O) groups is 3. The van der Waals surface area contributed by atoms with Crippen molar-refractivity contribution in [3.63, 3.8) is 0 Å². The Hall–Kier alpha value is -3.97. The van der Waals surface area contributed by atoms with E-state index in [1.165, 1.54) is 24.8 Å². The molecule has 0 fully saturated rings. The molecule has 5 aromatic carbocycles. The summed E-state index contributed by atoms with van der Waals surface area (Å²) in [6, 6.07) is 21.7. The minimum Gasteiger partial charge on any atom is -0.744 e. The van der Waals surface area contributed by atoms with Crippen LogP contribution in [0.15, 0.2) is 138 Å². The van der Waals surface area contributed by atoms with Crippen molar-refractivity contribution in [3.05, 3.63) is 134 Å². The van der Waals surface area contributed by atoms with E-state index < -0.39 is 69.9 Å². The van der Waals surface area contributed by atoms with E-state index in [1.54, 1.807) is 43.3 Å². The first-order valence-electron chi connectivity index (χ1n) is 18.7. The summed E-state index contributed by atoms with van der Waals surface area (Å²) < 4.78 is 69.5. The summed E-state index contributed by atoms with van der Waals surface area (Å²) in [5.41, 5.74) is 2.86. The topological polar surface area (TPSA) is 249 Å². The molecule has 334 valence electrons. The van der Waals surface area contributed by atoms with Crippen molar-refractivity contribution in [2.45, 2.75) is 49.2 Å². The van der Waals surface area contributed by atoms with E-state index in [0.29, 0.717) is 11.3 Å². The van der Waals surface area contributed by atoms with Gasteiger partial charge in [-0.1, -0.05) is 88.9 Å². The molecule has 0 N–H and O–H groups in total. The smallest absolute Gasteiger partial charge is 0.744 e. The number of nitrogens with zero attached hydrogens (tertiary/aromatic N) is 9. The van der Waals surface area contributed by atoms with Crippen LogP contribution in [0.4, 0.5) is 28.4 Å². The number of hydrazone groups is 2. The standard InChI is InChI=1S/C41H31Cl4N9O9S2.2Na/c1-21-12-13-27(47-49-38-23(3)51-54(41(38)57)34-17-31(45)36(19-29(34)43)65(61,62)63)15-32(21)52(20-24-8-5-4-6-9-24)39(55)25-10-7-11-26(14-25)46-48-37-22(2)50-53(40(37)56)33-16-30(44)35(18-28(33)42)64(58,59)60;;/h4-19,37-38H,20H2,1-3H3,(H,58,59,60)(H,61,62,63);;/q;2*+1/p-2. The third-order valence-electron chi connectivity index (χ3n) is 9.77. The molecule has 0 aromatic heterocycles. The fourth-order valence-corrected chi connectivity index (χ4v) is 9.18. The molecule has 0 aliphatic carbocycles. The second-order valence-corrected chi connectivity index (χ2v) is 18.6. The molecule has 0 spiro atoms. The number of azo groups is 2. The summed E-state index contributed by atoms with van der Waals surface area (Å²) in [5.74, 6) is -1.84. The van der Waals surface area contributed by atoms with Gasteiger partial charge in [0.25, 0.3) is 17.7 Å². The van der Waals surface area contributed by atoms with E-state index in [4.69, 9.17) is 46.4 Å². The summed E-state index contributed by atoms with van der Waals surface area (Å²) in [5, 5.41) is 25.7. The maximum atomic E-state index is 14.5. The van der Waals surface area contributed by atoms with Crippen molar-refractivity contribution >= 4 is 124 Å². The van der Waals surface area contributed by atoms with E-state index in [-0.39, 0.29) is 115 Å². The second-order valence-electron chi connectivity index (χ2n) is 14.3. The zero-order valence-corrected chi connectivity index (χ0v) is 44.3. The third-order valence-corrected chi connectivity index (χ3v) is 13.0. The van der Waals surface area contributed by atoms with Crippen LogP contribution in [0.5, 0.6) is 0 Å². The van der Waals surface area contributed by atoms with Crippen LogP contribution in [0.25, 0.3) is 0 Å². The van der Waals surface area contributed by atoms with Gasteiger partial charge in [-0.3, -0.25) is 14.4 Å². The zero-order valence-electron chi connectivity index (χ0n) is 35.6. The molecular weight excluding hydrogens is 1010 g/mol. The molecular formula is C41H29Cl4N9Na2O9S2. The van der Waals surface area contributed by atoms with Gasteiger partial charge >= 0.3 is 59.1 Å². The molecule has 0 radical (unpaired) electrons. The van der Waals surface area contributed by atoms with E-state index in [9.17, 15) is 40.3 Å². The molecule has 0 bridgehead atoms. The molecule has 7 rings (SSSR count). The average Bonchev–Trinajstić information content (AvgIpc) is 3.70. The fourth-order valence-electron chi connectivity index (χ4n) is 6.56. The Morgan fingerprint density at radius 2 is 1.12 bits per heavy atom. The Bertz CT molecular complexity index is 3190. The van der Waals surface area contributed by atoms with Gasteiger partial charge in [-0.05, 0) is 86.5 Å². The van der Waals surface area contributed by atoms with Gasteiger partial charge in [0.15, 0.2) is 12.1 Å². The first-order chi connectivity index (χ1) is 30.6. The van der Waals surface area contributed by atoms with Crippen LogP contribution in [0.3, 0.4) is 0 Å². The van der Waals surface area contributed by atoms with E-state index >= 15 is 0 Å². The molecule has 3 amide bonds. The predicted octanol–water partition coefficient (Wildman–Crippen LogP) is 3.02. The fraction of sp³-hybridized carbons (Fsp3) is 0.146. The van der Waals surface area contributed by atoms with Crippen molar-refractivity contribution < 1.29 is 99.4 Å². The summed E-state index contributed by atoms with van der Waals surface area (Å²) in [4.78, 5) is 41.5. The molecule has 2 aliphatic rings. The van der Waals surface area contributed by atoms with Crippen molar-refractivity contribution in [2.75, 3.05) is 14.9 Å². The summed E-state index contributed by atoms with van der Waals surface area (Å²) in [6.45, 7) is 4.95. The molecule has 2 aliphatic heterocycles. The molecule has 0 saturated heterocycles. The maximum absolute atomic E-state index is 14.5. The SMILES string of the molecule is CC1=NN(c2cc(Cl)c(S(=O)(=O)[O-])cc2Cl)C(=O)C1N=Nc1cccc(C(=O)N(Cc2ccccc2)c2cc(N=NC3C(=O)N(c4cc(Cl)c(S(=O)(=O)[O-])cc4Cl)N=C3C)ccc2C)c1.[Na+].[Na+]. The Balaban J connectivity index is 0.00000420. The van der Waals surface area contributed by atoms with Gasteiger partial charge in [0, 0.05) is 11.3 Å². The molecule has 26 heteroatoms. The predicted molar refractivity (Wildman–Crippen MR) is 241 cm³/mol. The molecule has 2 atom stereocenters. The van der Waals surface area contributed by atoms with Crippen molar-refractivity contribution in [1.82, 2.24) is 0 Å². The van der Waals surface area contributed by atoms with E-state index in [0.717, 1.165) is 39.8 Å². The van der Waals surface area contributed by atoms with Crippen LogP contribution in [-0.2, 0) is 36.4 Å². The van der Waals surface area contributed by atoms with Crippen molar-refractivity contribution in [1.29, 1.82) is 0 Å². The molecule has 67 heavy (non-hydrogen) atoms. The van der Waals surface area contributed by atoms with Crippen LogP contribution >= 0.6 is 46.4 Å². The number of aryl methyl sites for hydroxylation is 1. The Labute approximate surface area is 447 Å². The van der Waals surface area contributed by atoms with Gasteiger partial charge in [0.2, 0.25) is 0 Å². The van der Waals surface area contributed by atoms with Gasteiger partial charge in [-0.2, -0.15) is 40.7 Å². The number of amides is 3. The largest absolute Gasteiger partial charge is 1.00 e. The molecule has 0 saturated carbocycles. The van der Waals surface area contributed by atoms with Crippen LogP contribution in [0.2, 0.25) is 20.1 Å². The van der Waals surface area contributed by atoms with Crippen LogP contribution in [0, 0.1) is 6.92 Å². The van der Waals surface area contributed by atoms with Crippen molar-refractivity contribution in [3.8, 4) is 0 Å². The number of benzene rings is 5. The Morgan fingerprint density at radius 1 is 0.642 bits per heavy atom. The molecule has 2 heterocycles. The number of rotatable bonds is 12. The third kappa shape index (κ3) is 11.9. The summed E-state index contributed by atoms with van der Waals surface area (Å²) >= 11 is 24.6. The summed E-state index contributed by atoms with van der Waals surface area (Å²) in [6.07, 6.45) is 0. The van der Waals surface area contributed by atoms with E-state index in [2.05, 4.69) is 30.7 Å². The average molecular weight is 1040 g/mol. The number of carbonyl (C=O) groups excluding carboxylic acids is 3. The van der Waals surface area contributed by atoms with Gasteiger partial charge in [0.1, 0.15) is 20.2 Å². The Kier molecular flexibility index (Phi) is 17.5. The van der Waals surface area contributed by atoms with E-state index in [1.807, 2.05) is 30.3 Å². The number of hydrogen-bond acceptors (Lipinski definition) is 15. The van der Waals surface area contributed by atoms with Crippen molar-refractivity contribution in [2.24, 2.45) is 30.7 Å². The molecule has 2 unspecified atom stereocenters. The van der Waals surface area contributed by atoms with Crippen LogP contribution in [-0.4, -0.2) is 67.2 Å². The Morgan fingerprint density at radius 3 is 1.60 bits per heavy atom. The minimum atomic E-state index is -4.96. The molecule has 5 aromatic rings. The normalized spacial score (nSPS) is 16.3. The summed E-state index contributed by atoms with van der Waals surface area (Å²) in [7, 11) is -9.92. The van der Waals surface area contributed by atoms with Crippen LogP contribution < -0.4 is 74.0 Å².